The summed E-state index contributed by atoms with van der Waals surface area (Å²) < 4.78 is 24.4. The second-order valence-corrected chi connectivity index (χ2v) is 6.62. The predicted molar refractivity (Wildman–Crippen MR) is 104 cm³/mol. The fourth-order valence-corrected chi connectivity index (χ4v) is 3.90. The summed E-state index contributed by atoms with van der Waals surface area (Å²) in [6.45, 7) is 0.935. The van der Waals surface area contributed by atoms with E-state index in [1.165, 1.54) is 16.8 Å². The minimum atomic E-state index is 0.742. The summed E-state index contributed by atoms with van der Waals surface area (Å²) in [6.07, 6.45) is 4.21. The largest absolute Gasteiger partial charge is 0.493 e. The van der Waals surface area contributed by atoms with Crippen molar-refractivity contribution < 1.29 is 23.5 Å². The molecule has 0 radical (unpaired) electrons. The van der Waals surface area contributed by atoms with E-state index in [1.54, 1.807) is 28.4 Å². The van der Waals surface area contributed by atoms with E-state index in [4.69, 9.17) is 18.9 Å². The molecule has 2 aromatic carbocycles. The van der Waals surface area contributed by atoms with Crippen molar-refractivity contribution >= 4 is 10.8 Å². The molecular formula is C22H24NO4+. The van der Waals surface area contributed by atoms with Gasteiger partial charge in [0.15, 0.2) is 29.2 Å². The van der Waals surface area contributed by atoms with Gasteiger partial charge < -0.3 is 18.9 Å². The molecule has 5 heteroatoms. The number of benzene rings is 2. The van der Waals surface area contributed by atoms with Crippen molar-refractivity contribution in [1.29, 1.82) is 0 Å². The number of aromatic nitrogens is 1. The number of ether oxygens (including phenoxy) is 4. The van der Waals surface area contributed by atoms with Crippen LogP contribution >= 0.6 is 0 Å². The van der Waals surface area contributed by atoms with Crippen molar-refractivity contribution in [3.63, 3.8) is 0 Å². The van der Waals surface area contributed by atoms with E-state index >= 15 is 0 Å². The molecule has 0 fully saturated rings. The molecule has 0 unspecified atom stereocenters. The number of nitrogens with zero attached hydrogens (tertiary/aromatic N) is 1. The maximum absolute atomic E-state index is 5.63. The molecule has 5 nitrogen and oxygen atoms in total. The van der Waals surface area contributed by atoms with E-state index < -0.39 is 0 Å². The number of pyridine rings is 1. The standard InChI is InChI=1S/C22H24NO4/c1-24-19-8-7-15-10-18-16-12-21(26-3)20(25-2)11-14(16)6-5-9-23(18)13-17(15)22(19)27-4/h7-8,10-13H,5-6,9H2,1-4H3/q+1. The van der Waals surface area contributed by atoms with Gasteiger partial charge in [0.05, 0.1) is 39.4 Å². The Kier molecular flexibility index (Phi) is 4.52. The Bertz CT molecular complexity index is 1010. The van der Waals surface area contributed by atoms with Gasteiger partial charge in [-0.15, -0.1) is 0 Å². The van der Waals surface area contributed by atoms with Gasteiger partial charge in [-0.2, -0.15) is 4.57 Å². The number of aryl methyl sites for hydroxylation is 2. The first kappa shape index (κ1) is 17.5. The minimum Gasteiger partial charge on any atom is -0.493 e. The molecule has 1 aliphatic heterocycles. The first-order valence-corrected chi connectivity index (χ1v) is 9.03. The van der Waals surface area contributed by atoms with Gasteiger partial charge in [0, 0.05) is 12.5 Å². The van der Waals surface area contributed by atoms with Gasteiger partial charge in [-0.05, 0) is 41.6 Å². The topological polar surface area (TPSA) is 40.8 Å². The highest BCUT2D eigenvalue weighted by Crippen LogP contribution is 2.39. The average Bonchev–Trinajstić information content (AvgIpc) is 2.88. The van der Waals surface area contributed by atoms with Crippen molar-refractivity contribution in [2.75, 3.05) is 28.4 Å². The third kappa shape index (κ3) is 2.83. The lowest BCUT2D eigenvalue weighted by molar-refractivity contribution is -0.684. The van der Waals surface area contributed by atoms with Crippen molar-refractivity contribution in [1.82, 2.24) is 0 Å². The second kappa shape index (κ2) is 6.99. The van der Waals surface area contributed by atoms with Gasteiger partial charge in [-0.25, -0.2) is 0 Å². The SMILES string of the molecule is COc1cc2c(cc1OC)-c1cc3ccc(OC)c(OC)c3c[n+]1CCC2. The molecule has 0 amide bonds. The van der Waals surface area contributed by atoms with Crippen LogP contribution in [0.5, 0.6) is 23.0 Å². The van der Waals surface area contributed by atoms with Crippen molar-refractivity contribution in [3.8, 4) is 34.3 Å². The van der Waals surface area contributed by atoms with Gasteiger partial charge in [-0.3, -0.25) is 0 Å². The lowest BCUT2D eigenvalue weighted by Gasteiger charge is -2.13. The summed E-state index contributed by atoms with van der Waals surface area (Å²) in [5.41, 5.74) is 3.63. The maximum Gasteiger partial charge on any atom is 0.213 e. The summed E-state index contributed by atoms with van der Waals surface area (Å²) in [5, 5.41) is 2.16. The monoisotopic (exact) mass is 366 g/mol. The van der Waals surface area contributed by atoms with Crippen LogP contribution in [-0.4, -0.2) is 28.4 Å². The molecule has 1 aromatic heterocycles. The fraction of sp³-hybridized carbons (Fsp3) is 0.318. The Hall–Kier alpha value is -2.95. The van der Waals surface area contributed by atoms with E-state index in [9.17, 15) is 0 Å². The highest BCUT2D eigenvalue weighted by molar-refractivity contribution is 5.91. The van der Waals surface area contributed by atoms with Crippen LogP contribution in [0.3, 0.4) is 0 Å². The molecule has 0 aliphatic carbocycles. The highest BCUT2D eigenvalue weighted by Gasteiger charge is 2.25. The molecule has 27 heavy (non-hydrogen) atoms. The van der Waals surface area contributed by atoms with Crippen molar-refractivity contribution in [2.45, 2.75) is 19.4 Å². The molecule has 0 spiro atoms. The average molecular weight is 366 g/mol. The summed E-state index contributed by atoms with van der Waals surface area (Å²) >= 11 is 0. The van der Waals surface area contributed by atoms with Crippen molar-refractivity contribution in [2.24, 2.45) is 0 Å². The maximum atomic E-state index is 5.63. The third-order valence-corrected chi connectivity index (χ3v) is 5.23. The molecule has 3 aromatic rings. The van der Waals surface area contributed by atoms with Crippen LogP contribution in [0, 0.1) is 0 Å². The number of fused-ring (bicyclic) bond motifs is 4. The van der Waals surface area contributed by atoms with Crippen LogP contribution in [0.15, 0.2) is 36.5 Å². The zero-order chi connectivity index (χ0) is 19.0. The fourth-order valence-electron chi connectivity index (χ4n) is 3.90. The lowest BCUT2D eigenvalue weighted by Crippen LogP contribution is -2.35. The quantitative estimate of drug-likeness (QED) is 0.659. The first-order chi connectivity index (χ1) is 13.2. The molecule has 1 aliphatic rings. The summed E-state index contributed by atoms with van der Waals surface area (Å²) in [4.78, 5) is 0. The van der Waals surface area contributed by atoms with Gasteiger partial charge in [0.2, 0.25) is 5.69 Å². The minimum absolute atomic E-state index is 0.742. The lowest BCUT2D eigenvalue weighted by atomic mass is 9.99. The number of methoxy groups -OCH3 is 4. The third-order valence-electron chi connectivity index (χ3n) is 5.23. The Labute approximate surface area is 159 Å². The first-order valence-electron chi connectivity index (χ1n) is 9.03. The predicted octanol–water partition coefficient (Wildman–Crippen LogP) is 3.77. The Morgan fingerprint density at radius 1 is 0.815 bits per heavy atom. The van der Waals surface area contributed by atoms with Crippen LogP contribution in [0.4, 0.5) is 0 Å². The molecule has 0 saturated heterocycles. The molecule has 0 atom stereocenters. The van der Waals surface area contributed by atoms with Crippen LogP contribution in [0.1, 0.15) is 12.0 Å². The van der Waals surface area contributed by atoms with E-state index in [0.29, 0.717) is 0 Å². The van der Waals surface area contributed by atoms with Crippen LogP contribution < -0.4 is 23.5 Å². The summed E-state index contributed by atoms with van der Waals surface area (Å²) in [5.74, 6) is 3.03. The number of hydrogen-bond donors (Lipinski definition) is 0. The van der Waals surface area contributed by atoms with E-state index in [2.05, 4.69) is 35.0 Å². The molecule has 4 rings (SSSR count). The Balaban J connectivity index is 1.98. The number of rotatable bonds is 4. The molecule has 2 heterocycles. The summed E-state index contributed by atoms with van der Waals surface area (Å²) in [6, 6.07) is 10.4. The smallest absolute Gasteiger partial charge is 0.213 e. The van der Waals surface area contributed by atoms with Crippen LogP contribution in [0.2, 0.25) is 0 Å². The zero-order valence-corrected chi connectivity index (χ0v) is 16.2. The molecule has 0 saturated carbocycles. The molecule has 0 bridgehead atoms. The highest BCUT2D eigenvalue weighted by atomic mass is 16.5. The van der Waals surface area contributed by atoms with E-state index in [-0.39, 0.29) is 0 Å². The van der Waals surface area contributed by atoms with Crippen LogP contribution in [0.25, 0.3) is 22.0 Å². The van der Waals surface area contributed by atoms with Gasteiger partial charge in [-0.1, -0.05) is 0 Å². The molecule has 0 N–H and O–H groups in total. The van der Waals surface area contributed by atoms with Crippen molar-refractivity contribution in [3.05, 3.63) is 42.1 Å². The number of hydrogen-bond acceptors (Lipinski definition) is 4. The molecular weight excluding hydrogens is 342 g/mol. The second-order valence-electron chi connectivity index (χ2n) is 6.62. The normalized spacial score (nSPS) is 12.7. The van der Waals surface area contributed by atoms with Gasteiger partial charge in [0.1, 0.15) is 6.54 Å². The van der Waals surface area contributed by atoms with E-state index in [1.807, 2.05) is 6.07 Å². The Morgan fingerprint density at radius 2 is 1.56 bits per heavy atom. The van der Waals surface area contributed by atoms with E-state index in [0.717, 1.165) is 53.2 Å². The van der Waals surface area contributed by atoms with Gasteiger partial charge >= 0.3 is 0 Å². The Morgan fingerprint density at radius 3 is 2.26 bits per heavy atom. The van der Waals surface area contributed by atoms with Crippen LogP contribution in [-0.2, 0) is 13.0 Å². The zero-order valence-electron chi connectivity index (χ0n) is 16.2. The van der Waals surface area contributed by atoms with Gasteiger partial charge in [0.25, 0.3) is 0 Å². The summed E-state index contributed by atoms with van der Waals surface area (Å²) in [7, 11) is 6.69. The molecule has 140 valence electrons.